The number of rotatable bonds is 10. The van der Waals surface area contributed by atoms with Crippen molar-refractivity contribution < 1.29 is 4.74 Å². The summed E-state index contributed by atoms with van der Waals surface area (Å²) in [6.45, 7) is 10.7. The van der Waals surface area contributed by atoms with E-state index in [1.807, 2.05) is 0 Å². The van der Waals surface area contributed by atoms with Crippen LogP contribution in [0.2, 0.25) is 0 Å². The predicted molar refractivity (Wildman–Crippen MR) is 117 cm³/mol. The molecule has 0 heterocycles. The van der Waals surface area contributed by atoms with Gasteiger partial charge in [0, 0.05) is 26.3 Å². The number of benzene rings is 2. The average Bonchev–Trinajstić information content (AvgIpc) is 2.62. The maximum Gasteiger partial charge on any atom is 0.119 e. The molecule has 2 aromatic carbocycles. The summed E-state index contributed by atoms with van der Waals surface area (Å²) in [5.41, 5.74) is 3.97. The number of hydrogen-bond donors (Lipinski definition) is 1. The van der Waals surface area contributed by atoms with Gasteiger partial charge in [0.1, 0.15) is 5.75 Å². The lowest BCUT2D eigenvalue weighted by atomic mass is 9.86. The summed E-state index contributed by atoms with van der Waals surface area (Å²) < 4.78 is 5.76. The van der Waals surface area contributed by atoms with Crippen LogP contribution in [-0.4, -0.2) is 26.7 Å². The lowest BCUT2D eigenvalue weighted by molar-refractivity contribution is 0.242. The second kappa shape index (κ2) is 10.4. The summed E-state index contributed by atoms with van der Waals surface area (Å²) >= 11 is 0. The minimum atomic E-state index is 0.215. The molecule has 2 rings (SSSR count). The number of anilines is 1. The van der Waals surface area contributed by atoms with Crippen LogP contribution in [0.25, 0.3) is 0 Å². The van der Waals surface area contributed by atoms with E-state index in [0.717, 1.165) is 25.3 Å². The van der Waals surface area contributed by atoms with Gasteiger partial charge in [-0.2, -0.15) is 0 Å². The topological polar surface area (TPSA) is 24.5 Å². The number of ether oxygens (including phenoxy) is 1. The van der Waals surface area contributed by atoms with Crippen LogP contribution in [0.15, 0.2) is 48.5 Å². The van der Waals surface area contributed by atoms with E-state index in [1.165, 1.54) is 16.8 Å². The Morgan fingerprint density at radius 3 is 2.04 bits per heavy atom. The molecule has 0 spiro atoms. The average molecular weight is 369 g/mol. The molecule has 0 aliphatic rings. The molecule has 0 unspecified atom stereocenters. The van der Waals surface area contributed by atoms with Crippen molar-refractivity contribution in [2.45, 2.75) is 52.7 Å². The fourth-order valence-electron chi connectivity index (χ4n) is 3.35. The van der Waals surface area contributed by atoms with Gasteiger partial charge in [0.25, 0.3) is 0 Å². The van der Waals surface area contributed by atoms with E-state index < -0.39 is 0 Å². The number of nitrogens with one attached hydrogen (secondary N) is 1. The maximum absolute atomic E-state index is 5.76. The summed E-state index contributed by atoms with van der Waals surface area (Å²) in [4.78, 5) is 2.13. The lowest BCUT2D eigenvalue weighted by Gasteiger charge is -2.22. The van der Waals surface area contributed by atoms with Crippen molar-refractivity contribution in [1.82, 2.24) is 5.32 Å². The summed E-state index contributed by atoms with van der Waals surface area (Å²) in [5, 5.41) is 3.60. The molecule has 27 heavy (non-hydrogen) atoms. The largest absolute Gasteiger partial charge is 0.491 e. The molecule has 2 aromatic rings. The van der Waals surface area contributed by atoms with Crippen LogP contribution in [0.5, 0.6) is 5.75 Å². The first-order valence-electron chi connectivity index (χ1n) is 10.1. The highest BCUT2D eigenvalue weighted by Gasteiger charge is 2.15. The van der Waals surface area contributed by atoms with Crippen LogP contribution in [-0.2, 0) is 6.54 Å². The van der Waals surface area contributed by atoms with E-state index in [1.54, 1.807) is 0 Å². The first kappa shape index (κ1) is 21.3. The van der Waals surface area contributed by atoms with Gasteiger partial charge < -0.3 is 15.0 Å². The highest BCUT2D eigenvalue weighted by atomic mass is 16.5. The van der Waals surface area contributed by atoms with Gasteiger partial charge >= 0.3 is 0 Å². The molecule has 148 valence electrons. The molecule has 1 atom stereocenters. The minimum absolute atomic E-state index is 0.215. The van der Waals surface area contributed by atoms with Crippen molar-refractivity contribution in [3.63, 3.8) is 0 Å². The Kier molecular flexibility index (Phi) is 8.18. The van der Waals surface area contributed by atoms with E-state index >= 15 is 0 Å². The summed E-state index contributed by atoms with van der Waals surface area (Å²) in [5.74, 6) is 2.13. The summed E-state index contributed by atoms with van der Waals surface area (Å²) in [6.07, 6.45) is 1.35. The molecule has 0 saturated carbocycles. The predicted octanol–water partition coefficient (Wildman–Crippen LogP) is 5.46. The molecule has 1 N–H and O–H groups in total. The second-order valence-corrected chi connectivity index (χ2v) is 8.11. The van der Waals surface area contributed by atoms with E-state index in [9.17, 15) is 0 Å². The Balaban J connectivity index is 1.85. The molecule has 0 aliphatic heterocycles. The SMILES string of the molecule is CC(C)Oc1ccc([C@H](CCNCc2ccc(N(C)C)cc2)C(C)C)cc1. The van der Waals surface area contributed by atoms with Crippen molar-refractivity contribution in [1.29, 1.82) is 0 Å². The molecule has 0 fully saturated rings. The first-order chi connectivity index (χ1) is 12.9. The quantitative estimate of drug-likeness (QED) is 0.564. The third-order valence-corrected chi connectivity index (χ3v) is 4.90. The van der Waals surface area contributed by atoms with Crippen LogP contribution in [0, 0.1) is 5.92 Å². The van der Waals surface area contributed by atoms with Gasteiger partial charge in [0.2, 0.25) is 0 Å². The lowest BCUT2D eigenvalue weighted by Crippen LogP contribution is -2.19. The van der Waals surface area contributed by atoms with Crippen molar-refractivity contribution in [3.8, 4) is 5.75 Å². The van der Waals surface area contributed by atoms with Crippen LogP contribution in [0.3, 0.4) is 0 Å². The van der Waals surface area contributed by atoms with Gasteiger partial charge in [-0.25, -0.2) is 0 Å². The van der Waals surface area contributed by atoms with Crippen molar-refractivity contribution in [2.75, 3.05) is 25.5 Å². The zero-order valence-electron chi connectivity index (χ0n) is 17.8. The Morgan fingerprint density at radius 2 is 1.52 bits per heavy atom. The van der Waals surface area contributed by atoms with Gasteiger partial charge in [0.05, 0.1) is 6.10 Å². The van der Waals surface area contributed by atoms with E-state index in [4.69, 9.17) is 4.74 Å². The van der Waals surface area contributed by atoms with Gasteiger partial charge in [-0.05, 0) is 74.0 Å². The summed E-state index contributed by atoms with van der Waals surface area (Å²) in [6, 6.07) is 17.4. The third kappa shape index (κ3) is 6.91. The van der Waals surface area contributed by atoms with Crippen LogP contribution in [0.1, 0.15) is 51.2 Å². The van der Waals surface area contributed by atoms with E-state index in [0.29, 0.717) is 11.8 Å². The molecule has 3 nitrogen and oxygen atoms in total. The van der Waals surface area contributed by atoms with Crippen molar-refractivity contribution in [2.24, 2.45) is 5.92 Å². The Hall–Kier alpha value is -2.00. The van der Waals surface area contributed by atoms with E-state index in [-0.39, 0.29) is 6.10 Å². The molecule has 0 radical (unpaired) electrons. The zero-order chi connectivity index (χ0) is 19.8. The number of hydrogen-bond acceptors (Lipinski definition) is 3. The van der Waals surface area contributed by atoms with Crippen molar-refractivity contribution in [3.05, 3.63) is 59.7 Å². The Morgan fingerprint density at radius 1 is 0.889 bits per heavy atom. The van der Waals surface area contributed by atoms with Gasteiger partial charge in [0.15, 0.2) is 0 Å². The molecule has 0 saturated heterocycles. The third-order valence-electron chi connectivity index (χ3n) is 4.90. The highest BCUT2D eigenvalue weighted by molar-refractivity contribution is 5.45. The standard InChI is InChI=1S/C24H36N2O/c1-18(2)24(21-9-13-23(14-10-21)27-19(3)4)15-16-25-17-20-7-11-22(12-8-20)26(5)6/h7-14,18-19,24-25H,15-17H2,1-6H3/t24-/m1/s1. The van der Waals surface area contributed by atoms with Crippen LogP contribution < -0.4 is 15.0 Å². The van der Waals surface area contributed by atoms with Gasteiger partial charge in [-0.3, -0.25) is 0 Å². The Labute approximate surface area is 165 Å². The molecule has 0 bridgehead atoms. The number of nitrogens with zero attached hydrogens (tertiary/aromatic N) is 1. The van der Waals surface area contributed by atoms with E-state index in [2.05, 4.69) is 101 Å². The molecule has 0 aromatic heterocycles. The zero-order valence-corrected chi connectivity index (χ0v) is 17.8. The fourth-order valence-corrected chi connectivity index (χ4v) is 3.35. The summed E-state index contributed by atoms with van der Waals surface area (Å²) in [7, 11) is 4.14. The fraction of sp³-hybridized carbons (Fsp3) is 0.500. The maximum atomic E-state index is 5.76. The smallest absolute Gasteiger partial charge is 0.119 e. The highest BCUT2D eigenvalue weighted by Crippen LogP contribution is 2.29. The molecular weight excluding hydrogens is 332 g/mol. The van der Waals surface area contributed by atoms with Crippen LogP contribution >= 0.6 is 0 Å². The molecule has 0 amide bonds. The second-order valence-electron chi connectivity index (χ2n) is 8.11. The molecule has 3 heteroatoms. The molecular formula is C24H36N2O. The van der Waals surface area contributed by atoms with Crippen molar-refractivity contribution >= 4 is 5.69 Å². The first-order valence-corrected chi connectivity index (χ1v) is 10.1. The monoisotopic (exact) mass is 368 g/mol. The van der Waals surface area contributed by atoms with Gasteiger partial charge in [-0.1, -0.05) is 38.1 Å². The molecule has 0 aliphatic carbocycles. The van der Waals surface area contributed by atoms with Gasteiger partial charge in [-0.15, -0.1) is 0 Å². The minimum Gasteiger partial charge on any atom is -0.491 e. The Bertz CT molecular complexity index is 660. The normalized spacial score (nSPS) is 12.4. The van der Waals surface area contributed by atoms with Crippen LogP contribution in [0.4, 0.5) is 5.69 Å².